The first-order valence-electron chi connectivity index (χ1n) is 7.37. The maximum atomic E-state index is 11.9. The molecule has 1 aromatic carbocycles. The van der Waals surface area contributed by atoms with Crippen molar-refractivity contribution in [1.29, 1.82) is 0 Å². The average molecular weight is 295 g/mol. The van der Waals surface area contributed by atoms with Gasteiger partial charge in [0.25, 0.3) is 0 Å². The fourth-order valence-corrected chi connectivity index (χ4v) is 1.86. The summed E-state index contributed by atoms with van der Waals surface area (Å²) >= 11 is 0. The number of hydrogen-bond acceptors (Lipinski definition) is 5. The van der Waals surface area contributed by atoms with E-state index in [1.165, 1.54) is 0 Å². The van der Waals surface area contributed by atoms with Gasteiger partial charge < -0.3 is 19.5 Å². The van der Waals surface area contributed by atoms with Crippen LogP contribution in [-0.2, 0) is 16.1 Å². The zero-order valence-corrected chi connectivity index (χ0v) is 13.3. The molecule has 21 heavy (non-hydrogen) atoms. The van der Waals surface area contributed by atoms with E-state index in [9.17, 15) is 4.79 Å². The Bertz CT molecular complexity index is 448. The largest absolute Gasteiger partial charge is 0.497 e. The Morgan fingerprint density at radius 3 is 2.62 bits per heavy atom. The van der Waals surface area contributed by atoms with Gasteiger partial charge in [-0.2, -0.15) is 0 Å². The molecule has 118 valence electrons. The van der Waals surface area contributed by atoms with Crippen molar-refractivity contribution in [3.63, 3.8) is 0 Å². The maximum absolute atomic E-state index is 11.9. The van der Waals surface area contributed by atoms with Gasteiger partial charge in [0, 0.05) is 18.2 Å². The second kappa shape index (κ2) is 9.23. The van der Waals surface area contributed by atoms with Crippen molar-refractivity contribution < 1.29 is 19.0 Å². The van der Waals surface area contributed by atoms with Crippen LogP contribution in [0.3, 0.4) is 0 Å². The van der Waals surface area contributed by atoms with Crippen LogP contribution in [0.15, 0.2) is 18.2 Å². The average Bonchev–Trinajstić information content (AvgIpc) is 2.51. The van der Waals surface area contributed by atoms with Gasteiger partial charge in [0.1, 0.15) is 11.5 Å². The molecule has 0 spiro atoms. The summed E-state index contributed by atoms with van der Waals surface area (Å²) in [5.74, 6) is 1.01. The molecule has 1 rings (SSSR count). The van der Waals surface area contributed by atoms with E-state index in [2.05, 4.69) is 5.32 Å². The molecule has 0 saturated heterocycles. The minimum Gasteiger partial charge on any atom is -0.497 e. The molecule has 0 aliphatic heterocycles. The molecule has 0 aliphatic carbocycles. The predicted octanol–water partition coefficient (Wildman–Crippen LogP) is 2.53. The van der Waals surface area contributed by atoms with Crippen molar-refractivity contribution in [3.8, 4) is 11.5 Å². The minimum atomic E-state index is -0.600. The first-order valence-corrected chi connectivity index (χ1v) is 7.37. The Kier molecular flexibility index (Phi) is 7.61. The van der Waals surface area contributed by atoms with Crippen LogP contribution in [0, 0.1) is 0 Å². The molecule has 5 heteroatoms. The van der Waals surface area contributed by atoms with Crippen LogP contribution < -0.4 is 14.8 Å². The predicted molar refractivity (Wildman–Crippen MR) is 81.7 cm³/mol. The third-order valence-corrected chi connectivity index (χ3v) is 3.03. The van der Waals surface area contributed by atoms with E-state index >= 15 is 0 Å². The molecule has 1 N–H and O–H groups in total. The molecule has 1 aromatic rings. The smallest absolute Gasteiger partial charge is 0.347 e. The Morgan fingerprint density at radius 2 is 2.05 bits per heavy atom. The number of methoxy groups -OCH3 is 1. The SMILES string of the molecule is CCNCc1ccc(OC)cc1OC(CC)C(=O)OCC. The standard InChI is InChI=1S/C16H25NO4/c1-5-14(16(18)20-7-3)21-15-10-13(19-4)9-8-12(15)11-17-6-2/h8-10,14,17H,5-7,11H2,1-4H3. The third-order valence-electron chi connectivity index (χ3n) is 3.03. The number of nitrogens with one attached hydrogen (secondary N) is 1. The van der Waals surface area contributed by atoms with E-state index in [4.69, 9.17) is 14.2 Å². The van der Waals surface area contributed by atoms with E-state index in [0.29, 0.717) is 31.1 Å². The Balaban J connectivity index is 2.93. The Labute approximate surface area is 126 Å². The van der Waals surface area contributed by atoms with E-state index in [0.717, 1.165) is 12.1 Å². The summed E-state index contributed by atoms with van der Waals surface area (Å²) in [5, 5.41) is 3.25. The molecule has 0 bridgehead atoms. The zero-order valence-electron chi connectivity index (χ0n) is 13.3. The summed E-state index contributed by atoms with van der Waals surface area (Å²) < 4.78 is 16.1. The van der Waals surface area contributed by atoms with Crippen LogP contribution in [0.5, 0.6) is 11.5 Å². The molecule has 5 nitrogen and oxygen atoms in total. The molecule has 0 aromatic heterocycles. The minimum absolute atomic E-state index is 0.336. The second-order valence-electron chi connectivity index (χ2n) is 4.52. The summed E-state index contributed by atoms with van der Waals surface area (Å²) in [6.07, 6.45) is -0.0473. The van der Waals surface area contributed by atoms with E-state index < -0.39 is 6.10 Å². The van der Waals surface area contributed by atoms with Crippen LogP contribution in [-0.4, -0.2) is 32.3 Å². The lowest BCUT2D eigenvalue weighted by molar-refractivity contribution is -0.151. The monoisotopic (exact) mass is 295 g/mol. The number of rotatable bonds is 9. The highest BCUT2D eigenvalue weighted by molar-refractivity contribution is 5.75. The molecule has 0 radical (unpaired) electrons. The molecular formula is C16H25NO4. The topological polar surface area (TPSA) is 56.8 Å². The van der Waals surface area contributed by atoms with Crippen LogP contribution in [0.2, 0.25) is 0 Å². The fourth-order valence-electron chi connectivity index (χ4n) is 1.86. The van der Waals surface area contributed by atoms with Gasteiger partial charge in [-0.05, 0) is 26.0 Å². The van der Waals surface area contributed by atoms with Gasteiger partial charge in [-0.25, -0.2) is 4.79 Å². The molecular weight excluding hydrogens is 270 g/mol. The van der Waals surface area contributed by atoms with Gasteiger partial charge >= 0.3 is 5.97 Å². The molecule has 0 heterocycles. The molecule has 0 amide bonds. The van der Waals surface area contributed by atoms with Crippen molar-refractivity contribution >= 4 is 5.97 Å². The fraction of sp³-hybridized carbons (Fsp3) is 0.562. The van der Waals surface area contributed by atoms with E-state index in [1.807, 2.05) is 26.0 Å². The van der Waals surface area contributed by atoms with Crippen molar-refractivity contribution in [3.05, 3.63) is 23.8 Å². The lowest BCUT2D eigenvalue weighted by atomic mass is 10.1. The van der Waals surface area contributed by atoms with Crippen molar-refractivity contribution in [2.75, 3.05) is 20.3 Å². The number of hydrogen-bond donors (Lipinski definition) is 1. The number of carbonyl (C=O) groups excluding carboxylic acids is 1. The summed E-state index contributed by atoms with van der Waals surface area (Å²) in [7, 11) is 1.60. The second-order valence-corrected chi connectivity index (χ2v) is 4.52. The summed E-state index contributed by atoms with van der Waals surface area (Å²) in [5.41, 5.74) is 0.986. The highest BCUT2D eigenvalue weighted by Crippen LogP contribution is 2.26. The van der Waals surface area contributed by atoms with E-state index in [1.54, 1.807) is 20.1 Å². The number of benzene rings is 1. The van der Waals surface area contributed by atoms with Crippen LogP contribution in [0.25, 0.3) is 0 Å². The van der Waals surface area contributed by atoms with Gasteiger partial charge in [-0.15, -0.1) is 0 Å². The Morgan fingerprint density at radius 1 is 1.29 bits per heavy atom. The van der Waals surface area contributed by atoms with Crippen molar-refractivity contribution in [2.45, 2.75) is 39.8 Å². The first-order chi connectivity index (χ1) is 10.2. The van der Waals surface area contributed by atoms with Gasteiger partial charge in [0.05, 0.1) is 13.7 Å². The van der Waals surface area contributed by atoms with E-state index in [-0.39, 0.29) is 5.97 Å². The molecule has 1 unspecified atom stereocenters. The zero-order chi connectivity index (χ0) is 15.7. The lowest BCUT2D eigenvalue weighted by Gasteiger charge is -2.19. The quantitative estimate of drug-likeness (QED) is 0.709. The van der Waals surface area contributed by atoms with Gasteiger partial charge in [0.15, 0.2) is 6.10 Å². The maximum Gasteiger partial charge on any atom is 0.347 e. The lowest BCUT2D eigenvalue weighted by Crippen LogP contribution is -2.29. The summed E-state index contributed by atoms with van der Waals surface area (Å²) in [6.45, 7) is 7.60. The molecule has 0 saturated carbocycles. The van der Waals surface area contributed by atoms with Crippen LogP contribution >= 0.6 is 0 Å². The first kappa shape index (κ1) is 17.3. The molecule has 0 fully saturated rings. The van der Waals surface area contributed by atoms with Crippen LogP contribution in [0.1, 0.15) is 32.8 Å². The summed E-state index contributed by atoms with van der Waals surface area (Å²) in [6, 6.07) is 5.62. The molecule has 1 atom stereocenters. The summed E-state index contributed by atoms with van der Waals surface area (Å²) in [4.78, 5) is 11.9. The third kappa shape index (κ3) is 5.27. The Hall–Kier alpha value is -1.75. The van der Waals surface area contributed by atoms with Gasteiger partial charge in [-0.1, -0.05) is 19.9 Å². The number of ether oxygens (including phenoxy) is 3. The molecule has 0 aliphatic rings. The number of carbonyl (C=O) groups is 1. The highest BCUT2D eigenvalue weighted by Gasteiger charge is 2.21. The van der Waals surface area contributed by atoms with Crippen LogP contribution in [0.4, 0.5) is 0 Å². The highest BCUT2D eigenvalue weighted by atomic mass is 16.6. The van der Waals surface area contributed by atoms with Crippen molar-refractivity contribution in [1.82, 2.24) is 5.32 Å². The van der Waals surface area contributed by atoms with Crippen molar-refractivity contribution in [2.24, 2.45) is 0 Å². The van der Waals surface area contributed by atoms with Gasteiger partial charge in [0.2, 0.25) is 0 Å². The number of esters is 1. The van der Waals surface area contributed by atoms with Gasteiger partial charge in [-0.3, -0.25) is 0 Å². The normalized spacial score (nSPS) is 11.8.